The summed E-state index contributed by atoms with van der Waals surface area (Å²) in [7, 11) is 1.95. The van der Waals surface area contributed by atoms with Gasteiger partial charge in [-0.2, -0.15) is 13.2 Å². The number of alkyl halides is 3. The minimum Gasteiger partial charge on any atom is -0.484 e. The topological polar surface area (TPSA) is 36.9 Å². The summed E-state index contributed by atoms with van der Waals surface area (Å²) < 4.78 is 40.6. The van der Waals surface area contributed by atoms with E-state index in [0.29, 0.717) is 6.54 Å². The molecular weight excluding hydrogens is 271 g/mol. The van der Waals surface area contributed by atoms with E-state index >= 15 is 0 Å². The number of hydrogen-bond donors (Lipinski definition) is 1. The van der Waals surface area contributed by atoms with Crippen LogP contribution in [0.4, 0.5) is 13.2 Å². The van der Waals surface area contributed by atoms with E-state index in [-0.39, 0.29) is 5.75 Å². The van der Waals surface area contributed by atoms with Gasteiger partial charge in [-0.25, -0.2) is 0 Å². The molecule has 0 aliphatic carbocycles. The standard InChI is InChI=1S/C13H16F3N3O/c1-19-7-6-17-12(19)18-8-10-2-4-11(5-3-10)20-9-13(14,15)16/h2-5H,6-9H2,1H3,(H,17,18). The van der Waals surface area contributed by atoms with E-state index in [2.05, 4.69) is 15.0 Å². The van der Waals surface area contributed by atoms with Crippen molar-refractivity contribution in [1.82, 2.24) is 10.2 Å². The summed E-state index contributed by atoms with van der Waals surface area (Å²) in [5.41, 5.74) is 0.951. The van der Waals surface area contributed by atoms with Crippen molar-refractivity contribution in [2.75, 3.05) is 26.7 Å². The van der Waals surface area contributed by atoms with Gasteiger partial charge in [-0.1, -0.05) is 12.1 Å². The van der Waals surface area contributed by atoms with Crippen LogP contribution >= 0.6 is 0 Å². The van der Waals surface area contributed by atoms with Crippen molar-refractivity contribution >= 4 is 5.96 Å². The number of aliphatic imine (C=N–C) groups is 1. The van der Waals surface area contributed by atoms with Gasteiger partial charge < -0.3 is 15.0 Å². The number of nitrogens with one attached hydrogen (secondary N) is 1. The third-order valence-corrected chi connectivity index (χ3v) is 2.84. The molecule has 0 fully saturated rings. The summed E-state index contributed by atoms with van der Waals surface area (Å²) in [5.74, 6) is 1.05. The van der Waals surface area contributed by atoms with Gasteiger partial charge in [0.15, 0.2) is 12.6 Å². The van der Waals surface area contributed by atoms with Gasteiger partial charge in [0, 0.05) is 20.1 Å². The Morgan fingerprint density at radius 1 is 1.30 bits per heavy atom. The molecule has 4 nitrogen and oxygen atoms in total. The maximum atomic E-state index is 12.0. The second kappa shape index (κ2) is 6.02. The molecule has 0 unspecified atom stereocenters. The molecule has 1 N–H and O–H groups in total. The molecule has 0 atom stereocenters. The summed E-state index contributed by atoms with van der Waals surface area (Å²) >= 11 is 0. The van der Waals surface area contributed by atoms with Crippen LogP contribution in [0.15, 0.2) is 29.3 Å². The van der Waals surface area contributed by atoms with E-state index in [1.54, 1.807) is 12.1 Å². The smallest absolute Gasteiger partial charge is 0.422 e. The van der Waals surface area contributed by atoms with Gasteiger partial charge in [0.1, 0.15) is 5.75 Å². The molecule has 20 heavy (non-hydrogen) atoms. The number of hydrogen-bond acceptors (Lipinski definition) is 4. The van der Waals surface area contributed by atoms with Gasteiger partial charge in [-0.05, 0) is 17.7 Å². The van der Waals surface area contributed by atoms with Gasteiger partial charge in [0.2, 0.25) is 0 Å². The molecule has 0 amide bonds. The summed E-state index contributed by atoms with van der Waals surface area (Å²) in [4.78, 5) is 6.30. The van der Waals surface area contributed by atoms with E-state index in [1.807, 2.05) is 11.9 Å². The molecule has 1 aliphatic heterocycles. The molecule has 0 saturated carbocycles. The van der Waals surface area contributed by atoms with Crippen molar-refractivity contribution in [3.63, 3.8) is 0 Å². The van der Waals surface area contributed by atoms with E-state index < -0.39 is 12.8 Å². The quantitative estimate of drug-likeness (QED) is 0.920. The summed E-state index contributed by atoms with van der Waals surface area (Å²) in [6, 6.07) is 6.52. The molecule has 110 valence electrons. The average Bonchev–Trinajstić information content (AvgIpc) is 2.80. The van der Waals surface area contributed by atoms with Gasteiger partial charge in [-0.3, -0.25) is 4.99 Å². The highest BCUT2D eigenvalue weighted by Gasteiger charge is 2.28. The first-order chi connectivity index (χ1) is 9.44. The number of rotatable bonds is 4. The van der Waals surface area contributed by atoms with Crippen molar-refractivity contribution in [2.24, 2.45) is 4.99 Å². The van der Waals surface area contributed by atoms with Crippen LogP contribution in [0.2, 0.25) is 0 Å². The Morgan fingerprint density at radius 2 is 2.00 bits per heavy atom. The normalized spacial score (nSPS) is 15.2. The van der Waals surface area contributed by atoms with Gasteiger partial charge in [-0.15, -0.1) is 0 Å². The molecule has 0 bridgehead atoms. The molecule has 1 aliphatic rings. The fraction of sp³-hybridized carbons (Fsp3) is 0.462. The van der Waals surface area contributed by atoms with Crippen LogP contribution in [0, 0.1) is 0 Å². The van der Waals surface area contributed by atoms with Crippen molar-refractivity contribution in [3.05, 3.63) is 29.8 Å². The maximum absolute atomic E-state index is 12.0. The lowest BCUT2D eigenvalue weighted by molar-refractivity contribution is -0.153. The lowest BCUT2D eigenvalue weighted by Gasteiger charge is -2.15. The van der Waals surface area contributed by atoms with Crippen LogP contribution in [0.1, 0.15) is 5.56 Å². The molecule has 0 saturated heterocycles. The summed E-state index contributed by atoms with van der Waals surface area (Å²) in [5, 5.41) is 3.18. The first kappa shape index (κ1) is 14.5. The number of halogens is 3. The molecule has 2 rings (SSSR count). The fourth-order valence-electron chi connectivity index (χ4n) is 1.77. The summed E-state index contributed by atoms with van der Waals surface area (Å²) in [6.07, 6.45) is -4.31. The van der Waals surface area contributed by atoms with Crippen LogP contribution in [-0.4, -0.2) is 43.8 Å². The van der Waals surface area contributed by atoms with E-state index in [1.165, 1.54) is 12.1 Å². The lowest BCUT2D eigenvalue weighted by Crippen LogP contribution is -2.35. The van der Waals surface area contributed by atoms with Gasteiger partial charge in [0.05, 0.1) is 6.54 Å². The first-order valence-electron chi connectivity index (χ1n) is 6.22. The van der Waals surface area contributed by atoms with Crippen molar-refractivity contribution in [3.8, 4) is 5.75 Å². The Morgan fingerprint density at radius 3 is 2.55 bits per heavy atom. The number of benzene rings is 1. The molecule has 1 aromatic carbocycles. The SMILES string of the molecule is CN1CCN=C1NCc1ccc(OCC(F)(F)F)cc1. The van der Waals surface area contributed by atoms with Crippen molar-refractivity contribution in [1.29, 1.82) is 0 Å². The zero-order chi connectivity index (χ0) is 14.6. The zero-order valence-corrected chi connectivity index (χ0v) is 11.1. The molecule has 0 radical (unpaired) electrons. The predicted octanol–water partition coefficient (Wildman–Crippen LogP) is 2.02. The molecular formula is C13H16F3N3O. The van der Waals surface area contributed by atoms with E-state index in [9.17, 15) is 13.2 Å². The van der Waals surface area contributed by atoms with Crippen LogP contribution in [-0.2, 0) is 6.54 Å². The Labute approximate surface area is 115 Å². The Balaban J connectivity index is 1.82. The average molecular weight is 287 g/mol. The second-order valence-electron chi connectivity index (χ2n) is 4.53. The van der Waals surface area contributed by atoms with E-state index in [0.717, 1.165) is 24.6 Å². The van der Waals surface area contributed by atoms with Crippen LogP contribution in [0.5, 0.6) is 5.75 Å². The van der Waals surface area contributed by atoms with E-state index in [4.69, 9.17) is 0 Å². The minimum absolute atomic E-state index is 0.210. The predicted molar refractivity (Wildman–Crippen MR) is 69.8 cm³/mol. The molecule has 1 aromatic rings. The maximum Gasteiger partial charge on any atom is 0.422 e. The van der Waals surface area contributed by atoms with Crippen LogP contribution in [0.25, 0.3) is 0 Å². The lowest BCUT2D eigenvalue weighted by atomic mass is 10.2. The highest BCUT2D eigenvalue weighted by Crippen LogP contribution is 2.18. The summed E-state index contributed by atoms with van der Waals surface area (Å²) in [6.45, 7) is 0.977. The van der Waals surface area contributed by atoms with Gasteiger partial charge >= 0.3 is 6.18 Å². The number of nitrogens with zero attached hydrogens (tertiary/aromatic N) is 2. The Kier molecular flexibility index (Phi) is 4.36. The largest absolute Gasteiger partial charge is 0.484 e. The Bertz CT molecular complexity index is 471. The van der Waals surface area contributed by atoms with Crippen LogP contribution < -0.4 is 10.1 Å². The minimum atomic E-state index is -4.31. The molecule has 0 spiro atoms. The molecule has 7 heteroatoms. The molecule has 0 aromatic heterocycles. The molecule has 1 heterocycles. The highest BCUT2D eigenvalue weighted by atomic mass is 19.4. The van der Waals surface area contributed by atoms with Crippen molar-refractivity contribution < 1.29 is 17.9 Å². The zero-order valence-electron chi connectivity index (χ0n) is 11.1. The first-order valence-corrected chi connectivity index (χ1v) is 6.22. The second-order valence-corrected chi connectivity index (χ2v) is 4.53. The van der Waals surface area contributed by atoms with Gasteiger partial charge in [0.25, 0.3) is 0 Å². The van der Waals surface area contributed by atoms with Crippen LogP contribution in [0.3, 0.4) is 0 Å². The third kappa shape index (κ3) is 4.32. The highest BCUT2D eigenvalue weighted by molar-refractivity contribution is 5.81. The number of likely N-dealkylation sites (N-methyl/N-ethyl adjacent to an activating group) is 1. The third-order valence-electron chi connectivity index (χ3n) is 2.84. The number of ether oxygens (including phenoxy) is 1. The van der Waals surface area contributed by atoms with Crippen molar-refractivity contribution in [2.45, 2.75) is 12.7 Å². The Hall–Kier alpha value is -1.92. The monoisotopic (exact) mass is 287 g/mol. The fourth-order valence-corrected chi connectivity index (χ4v) is 1.77. The number of guanidine groups is 1.